The SMILES string of the molecule is O=C(NCC1CCCCN1)C1CCC1. The highest BCUT2D eigenvalue weighted by Gasteiger charge is 2.25. The predicted octanol–water partition coefficient (Wildman–Crippen LogP) is 1.04. The van der Waals surface area contributed by atoms with E-state index in [0.29, 0.717) is 12.0 Å². The highest BCUT2D eigenvalue weighted by atomic mass is 16.1. The molecule has 2 aliphatic rings. The van der Waals surface area contributed by atoms with Crippen LogP contribution in [0.5, 0.6) is 0 Å². The highest BCUT2D eigenvalue weighted by Crippen LogP contribution is 2.26. The van der Waals surface area contributed by atoms with Gasteiger partial charge in [0.15, 0.2) is 0 Å². The standard InChI is InChI=1S/C11H20N2O/c14-11(9-4-3-5-9)13-8-10-6-1-2-7-12-10/h9-10,12H,1-8H2,(H,13,14). The predicted molar refractivity (Wildman–Crippen MR) is 56.0 cm³/mol. The van der Waals surface area contributed by atoms with E-state index in [9.17, 15) is 4.79 Å². The first-order valence-electron chi connectivity index (χ1n) is 5.87. The summed E-state index contributed by atoms with van der Waals surface area (Å²) < 4.78 is 0. The zero-order valence-corrected chi connectivity index (χ0v) is 8.72. The summed E-state index contributed by atoms with van der Waals surface area (Å²) >= 11 is 0. The van der Waals surface area contributed by atoms with Gasteiger partial charge >= 0.3 is 0 Å². The average molecular weight is 196 g/mol. The third-order valence-corrected chi connectivity index (χ3v) is 3.41. The van der Waals surface area contributed by atoms with E-state index in [0.717, 1.165) is 25.9 Å². The monoisotopic (exact) mass is 196 g/mol. The minimum Gasteiger partial charge on any atom is -0.354 e. The van der Waals surface area contributed by atoms with Gasteiger partial charge in [-0.05, 0) is 32.2 Å². The molecule has 1 heterocycles. The molecule has 0 aromatic heterocycles. The largest absolute Gasteiger partial charge is 0.354 e. The van der Waals surface area contributed by atoms with E-state index >= 15 is 0 Å². The number of hydrogen-bond donors (Lipinski definition) is 2. The normalized spacial score (nSPS) is 28.1. The summed E-state index contributed by atoms with van der Waals surface area (Å²) in [6.07, 6.45) is 7.24. The highest BCUT2D eigenvalue weighted by molar-refractivity contribution is 5.79. The lowest BCUT2D eigenvalue weighted by Gasteiger charge is -2.27. The first-order valence-corrected chi connectivity index (χ1v) is 5.87. The second-order valence-corrected chi connectivity index (χ2v) is 4.52. The van der Waals surface area contributed by atoms with Gasteiger partial charge in [-0.15, -0.1) is 0 Å². The van der Waals surface area contributed by atoms with Gasteiger partial charge < -0.3 is 10.6 Å². The molecule has 0 aromatic rings. The fraction of sp³-hybridized carbons (Fsp3) is 0.909. The number of amides is 1. The topological polar surface area (TPSA) is 41.1 Å². The van der Waals surface area contributed by atoms with Crippen molar-refractivity contribution >= 4 is 5.91 Å². The molecule has 1 atom stereocenters. The van der Waals surface area contributed by atoms with Gasteiger partial charge in [-0.1, -0.05) is 12.8 Å². The molecule has 1 aliphatic carbocycles. The third kappa shape index (κ3) is 2.47. The van der Waals surface area contributed by atoms with Crippen molar-refractivity contribution in [3.63, 3.8) is 0 Å². The van der Waals surface area contributed by atoms with Gasteiger partial charge in [-0.25, -0.2) is 0 Å². The Kier molecular flexibility index (Phi) is 3.40. The van der Waals surface area contributed by atoms with Crippen LogP contribution in [-0.4, -0.2) is 25.0 Å². The second-order valence-electron chi connectivity index (χ2n) is 4.52. The maximum absolute atomic E-state index is 11.5. The first kappa shape index (κ1) is 9.97. The number of carbonyl (C=O) groups excluding carboxylic acids is 1. The fourth-order valence-electron chi connectivity index (χ4n) is 2.14. The summed E-state index contributed by atoms with van der Waals surface area (Å²) in [5.74, 6) is 0.613. The van der Waals surface area contributed by atoms with Crippen LogP contribution < -0.4 is 10.6 Å². The van der Waals surface area contributed by atoms with Gasteiger partial charge in [0.2, 0.25) is 5.91 Å². The smallest absolute Gasteiger partial charge is 0.223 e. The zero-order chi connectivity index (χ0) is 9.80. The van der Waals surface area contributed by atoms with Crippen LogP contribution in [0.2, 0.25) is 0 Å². The molecule has 80 valence electrons. The van der Waals surface area contributed by atoms with E-state index in [1.54, 1.807) is 0 Å². The maximum atomic E-state index is 11.5. The fourth-order valence-corrected chi connectivity index (χ4v) is 2.14. The number of nitrogens with one attached hydrogen (secondary N) is 2. The Bertz CT molecular complexity index is 195. The van der Waals surface area contributed by atoms with Gasteiger partial charge in [-0.3, -0.25) is 4.79 Å². The number of piperidine rings is 1. The molecule has 0 aromatic carbocycles. The van der Waals surface area contributed by atoms with Crippen molar-refractivity contribution in [2.45, 2.75) is 44.6 Å². The van der Waals surface area contributed by atoms with Crippen molar-refractivity contribution < 1.29 is 4.79 Å². The number of hydrogen-bond acceptors (Lipinski definition) is 2. The van der Waals surface area contributed by atoms with Crippen LogP contribution in [0.3, 0.4) is 0 Å². The van der Waals surface area contributed by atoms with E-state index in [2.05, 4.69) is 10.6 Å². The lowest BCUT2D eigenvalue weighted by atomic mass is 9.85. The molecule has 3 nitrogen and oxygen atoms in total. The molecule has 0 radical (unpaired) electrons. The minimum absolute atomic E-state index is 0.281. The van der Waals surface area contributed by atoms with Gasteiger partial charge in [0, 0.05) is 18.5 Å². The zero-order valence-electron chi connectivity index (χ0n) is 8.72. The quantitative estimate of drug-likeness (QED) is 0.708. The molecule has 0 bridgehead atoms. The molecule has 1 amide bonds. The molecule has 14 heavy (non-hydrogen) atoms. The molecule has 0 spiro atoms. The summed E-state index contributed by atoms with van der Waals surface area (Å²) in [4.78, 5) is 11.5. The number of carbonyl (C=O) groups is 1. The van der Waals surface area contributed by atoms with Gasteiger partial charge in [0.05, 0.1) is 0 Å². The van der Waals surface area contributed by atoms with Crippen LogP contribution in [0.15, 0.2) is 0 Å². The molecule has 2 fully saturated rings. The Balaban J connectivity index is 1.62. The van der Waals surface area contributed by atoms with Crippen molar-refractivity contribution in [3.05, 3.63) is 0 Å². The second kappa shape index (κ2) is 4.78. The molecule has 1 aliphatic heterocycles. The van der Waals surface area contributed by atoms with E-state index in [1.807, 2.05) is 0 Å². The Hall–Kier alpha value is -0.570. The Labute approximate surface area is 85.6 Å². The molecule has 1 saturated carbocycles. The Morgan fingerprint density at radius 3 is 2.64 bits per heavy atom. The van der Waals surface area contributed by atoms with Crippen molar-refractivity contribution in [1.82, 2.24) is 10.6 Å². The van der Waals surface area contributed by atoms with Crippen LogP contribution in [0, 0.1) is 5.92 Å². The average Bonchev–Trinajstić information content (AvgIpc) is 2.14. The lowest BCUT2D eigenvalue weighted by molar-refractivity contribution is -0.127. The molecule has 1 unspecified atom stereocenters. The molecule has 2 rings (SSSR count). The van der Waals surface area contributed by atoms with Crippen LogP contribution in [0.4, 0.5) is 0 Å². The van der Waals surface area contributed by atoms with Crippen LogP contribution >= 0.6 is 0 Å². The lowest BCUT2D eigenvalue weighted by Crippen LogP contribution is -2.45. The van der Waals surface area contributed by atoms with Crippen LogP contribution in [-0.2, 0) is 4.79 Å². The summed E-state index contributed by atoms with van der Waals surface area (Å²) in [7, 11) is 0. The van der Waals surface area contributed by atoms with Gasteiger partial charge in [0.1, 0.15) is 0 Å². The van der Waals surface area contributed by atoms with Crippen LogP contribution in [0.1, 0.15) is 38.5 Å². The summed E-state index contributed by atoms with van der Waals surface area (Å²) in [6, 6.07) is 0.521. The maximum Gasteiger partial charge on any atom is 0.223 e. The van der Waals surface area contributed by atoms with Crippen molar-refractivity contribution in [3.8, 4) is 0 Å². The molecular weight excluding hydrogens is 176 g/mol. The minimum atomic E-state index is 0.281. The van der Waals surface area contributed by atoms with E-state index in [1.165, 1.54) is 25.7 Å². The molecule has 1 saturated heterocycles. The molecule has 3 heteroatoms. The van der Waals surface area contributed by atoms with E-state index in [4.69, 9.17) is 0 Å². The Morgan fingerprint density at radius 1 is 1.21 bits per heavy atom. The Morgan fingerprint density at radius 2 is 2.07 bits per heavy atom. The summed E-state index contributed by atoms with van der Waals surface area (Å²) in [5.41, 5.74) is 0. The van der Waals surface area contributed by atoms with Crippen molar-refractivity contribution in [1.29, 1.82) is 0 Å². The molecule has 2 N–H and O–H groups in total. The van der Waals surface area contributed by atoms with Crippen molar-refractivity contribution in [2.24, 2.45) is 5.92 Å². The van der Waals surface area contributed by atoms with Crippen molar-refractivity contribution in [2.75, 3.05) is 13.1 Å². The summed E-state index contributed by atoms with van der Waals surface area (Å²) in [6.45, 7) is 1.94. The van der Waals surface area contributed by atoms with E-state index in [-0.39, 0.29) is 5.91 Å². The van der Waals surface area contributed by atoms with E-state index < -0.39 is 0 Å². The molecular formula is C11H20N2O. The van der Waals surface area contributed by atoms with Gasteiger partial charge in [-0.2, -0.15) is 0 Å². The first-order chi connectivity index (χ1) is 6.86. The third-order valence-electron chi connectivity index (χ3n) is 3.41. The summed E-state index contributed by atoms with van der Waals surface area (Å²) in [5, 5.41) is 6.49. The number of rotatable bonds is 3. The van der Waals surface area contributed by atoms with Gasteiger partial charge in [0.25, 0.3) is 0 Å². The van der Waals surface area contributed by atoms with Crippen LogP contribution in [0.25, 0.3) is 0 Å².